The molecule has 2 amide bonds. The number of nitrogens with zero attached hydrogens (tertiary/aromatic N) is 2. The third-order valence-electron chi connectivity index (χ3n) is 4.41. The van der Waals surface area contributed by atoms with Crippen LogP contribution in [-0.2, 0) is 14.8 Å². The van der Waals surface area contributed by atoms with Gasteiger partial charge in [-0.05, 0) is 43.3 Å². The average Bonchev–Trinajstić information content (AvgIpc) is 3.13. The zero-order chi connectivity index (χ0) is 20.3. The summed E-state index contributed by atoms with van der Waals surface area (Å²) in [6, 6.07) is 8.38. The van der Waals surface area contributed by atoms with Crippen molar-refractivity contribution in [1.29, 1.82) is 0 Å². The summed E-state index contributed by atoms with van der Waals surface area (Å²) in [6.07, 6.45) is 0. The molecule has 1 aromatic heterocycles. The van der Waals surface area contributed by atoms with Gasteiger partial charge in [-0.1, -0.05) is 0 Å². The van der Waals surface area contributed by atoms with E-state index in [0.717, 1.165) is 4.88 Å². The number of carbonyl (C=O) groups excluding carboxylic acids is 2. The van der Waals surface area contributed by atoms with Crippen LogP contribution < -0.4 is 5.32 Å². The second-order valence-electron chi connectivity index (χ2n) is 6.34. The van der Waals surface area contributed by atoms with E-state index in [1.165, 1.54) is 44.8 Å². The molecule has 0 unspecified atom stereocenters. The van der Waals surface area contributed by atoms with E-state index < -0.39 is 21.7 Å². The maximum Gasteiger partial charge on any atom is 0.252 e. The van der Waals surface area contributed by atoms with Crippen LogP contribution in [0.15, 0.2) is 40.6 Å². The van der Waals surface area contributed by atoms with Gasteiger partial charge in [-0.2, -0.15) is 4.31 Å². The van der Waals surface area contributed by atoms with Gasteiger partial charge in [0, 0.05) is 36.6 Å². The Kier molecular flexibility index (Phi) is 6.11. The molecule has 28 heavy (non-hydrogen) atoms. The van der Waals surface area contributed by atoms with Gasteiger partial charge in [0.25, 0.3) is 15.9 Å². The van der Waals surface area contributed by atoms with Gasteiger partial charge >= 0.3 is 0 Å². The number of hydrogen-bond donors (Lipinski definition) is 1. The summed E-state index contributed by atoms with van der Waals surface area (Å²) in [4.78, 5) is 26.7. The molecule has 0 saturated carbocycles. The fourth-order valence-electron chi connectivity index (χ4n) is 2.83. The van der Waals surface area contributed by atoms with Gasteiger partial charge in [-0.25, -0.2) is 12.8 Å². The van der Waals surface area contributed by atoms with E-state index in [9.17, 15) is 22.4 Å². The molecular formula is C18H20FN3O4S2. The first-order valence-corrected chi connectivity index (χ1v) is 10.9. The Labute approximate surface area is 166 Å². The molecule has 150 valence electrons. The molecule has 1 saturated heterocycles. The number of halogens is 1. The third-order valence-corrected chi connectivity index (χ3v) is 7.77. The van der Waals surface area contributed by atoms with E-state index in [2.05, 4.69) is 5.32 Å². The van der Waals surface area contributed by atoms with Crippen LogP contribution >= 0.6 is 11.3 Å². The largest absolute Gasteiger partial charge is 0.343 e. The minimum absolute atomic E-state index is 0.201. The highest BCUT2D eigenvalue weighted by atomic mass is 32.2. The fraction of sp³-hybridized carbons (Fsp3) is 0.333. The first-order valence-electron chi connectivity index (χ1n) is 8.65. The van der Waals surface area contributed by atoms with E-state index in [4.69, 9.17) is 0 Å². The summed E-state index contributed by atoms with van der Waals surface area (Å²) in [6.45, 7) is 2.57. The maximum atomic E-state index is 12.9. The summed E-state index contributed by atoms with van der Waals surface area (Å²) in [7, 11) is -3.54. The SMILES string of the molecule is Cc1ccc(S(=O)(=O)N2CCN(C(=O)CNC(=O)c3ccc(F)cc3)CC2)s1. The molecule has 1 aliphatic rings. The highest BCUT2D eigenvalue weighted by Gasteiger charge is 2.31. The van der Waals surface area contributed by atoms with Gasteiger partial charge in [-0.3, -0.25) is 9.59 Å². The fourth-order valence-corrected chi connectivity index (χ4v) is 5.69. The zero-order valence-corrected chi connectivity index (χ0v) is 16.9. The van der Waals surface area contributed by atoms with Gasteiger partial charge in [0.05, 0.1) is 6.54 Å². The maximum absolute atomic E-state index is 12.9. The van der Waals surface area contributed by atoms with E-state index in [1.807, 2.05) is 6.92 Å². The average molecular weight is 426 g/mol. The minimum Gasteiger partial charge on any atom is -0.343 e. The molecule has 0 spiro atoms. The lowest BCUT2D eigenvalue weighted by molar-refractivity contribution is -0.131. The molecule has 7 nitrogen and oxygen atoms in total. The molecule has 1 aromatic carbocycles. The number of piperazine rings is 1. The molecule has 1 N–H and O–H groups in total. The van der Waals surface area contributed by atoms with E-state index in [1.54, 1.807) is 12.1 Å². The van der Waals surface area contributed by atoms with Crippen LogP contribution in [0, 0.1) is 12.7 Å². The molecule has 3 rings (SSSR count). The van der Waals surface area contributed by atoms with Crippen molar-refractivity contribution in [3.05, 3.63) is 52.7 Å². The summed E-state index contributed by atoms with van der Waals surface area (Å²) in [5, 5.41) is 2.50. The number of thiophene rings is 1. The predicted octanol–water partition coefficient (Wildman–Crippen LogP) is 1.46. The first-order chi connectivity index (χ1) is 13.3. The number of carbonyl (C=O) groups is 2. The summed E-state index contributed by atoms with van der Waals surface area (Å²) in [5.74, 6) is -1.21. The van der Waals surface area contributed by atoms with Crippen molar-refractivity contribution in [2.45, 2.75) is 11.1 Å². The molecule has 0 atom stereocenters. The standard InChI is InChI=1S/C18H20FN3O4S2/c1-13-2-7-17(27-13)28(25,26)22-10-8-21(9-11-22)16(23)12-20-18(24)14-3-5-15(19)6-4-14/h2-7H,8-12H2,1H3,(H,20,24). The monoisotopic (exact) mass is 425 g/mol. The molecule has 2 heterocycles. The normalized spacial score (nSPS) is 15.4. The van der Waals surface area contributed by atoms with Gasteiger partial charge < -0.3 is 10.2 Å². The predicted molar refractivity (Wildman–Crippen MR) is 103 cm³/mol. The highest BCUT2D eigenvalue weighted by Crippen LogP contribution is 2.25. The van der Waals surface area contributed by atoms with Crippen LogP contribution in [0.25, 0.3) is 0 Å². The van der Waals surface area contributed by atoms with Crippen LogP contribution in [0.5, 0.6) is 0 Å². The van der Waals surface area contributed by atoms with Crippen molar-refractivity contribution in [3.8, 4) is 0 Å². The quantitative estimate of drug-likeness (QED) is 0.786. The molecule has 2 aromatic rings. The number of amides is 2. The number of benzene rings is 1. The lowest BCUT2D eigenvalue weighted by atomic mass is 10.2. The number of hydrogen-bond acceptors (Lipinski definition) is 5. The molecule has 0 radical (unpaired) electrons. The van der Waals surface area contributed by atoms with Crippen molar-refractivity contribution in [2.75, 3.05) is 32.7 Å². The van der Waals surface area contributed by atoms with Crippen LogP contribution in [0.3, 0.4) is 0 Å². The Morgan fingerprint density at radius 3 is 2.29 bits per heavy atom. The zero-order valence-electron chi connectivity index (χ0n) is 15.2. The van der Waals surface area contributed by atoms with Crippen molar-refractivity contribution >= 4 is 33.2 Å². The molecule has 1 aliphatic heterocycles. The molecule has 1 fully saturated rings. The third kappa shape index (κ3) is 4.57. The second kappa shape index (κ2) is 8.38. The Hall–Kier alpha value is -2.30. The van der Waals surface area contributed by atoms with Crippen molar-refractivity contribution in [1.82, 2.24) is 14.5 Å². The molecule has 0 aliphatic carbocycles. The van der Waals surface area contributed by atoms with Crippen LogP contribution in [0.4, 0.5) is 4.39 Å². The van der Waals surface area contributed by atoms with Crippen LogP contribution in [0.1, 0.15) is 15.2 Å². The number of sulfonamides is 1. The highest BCUT2D eigenvalue weighted by molar-refractivity contribution is 7.91. The summed E-state index contributed by atoms with van der Waals surface area (Å²) < 4.78 is 39.8. The van der Waals surface area contributed by atoms with Gasteiger partial charge in [0.1, 0.15) is 10.0 Å². The van der Waals surface area contributed by atoms with Crippen molar-refractivity contribution in [2.24, 2.45) is 0 Å². The second-order valence-corrected chi connectivity index (χ2v) is 9.79. The van der Waals surface area contributed by atoms with E-state index in [-0.39, 0.29) is 44.2 Å². The van der Waals surface area contributed by atoms with Gasteiger partial charge in [0.2, 0.25) is 5.91 Å². The number of aryl methyl sites for hydroxylation is 1. The topological polar surface area (TPSA) is 86.8 Å². The molecule has 0 bridgehead atoms. The van der Waals surface area contributed by atoms with Crippen LogP contribution in [0.2, 0.25) is 0 Å². The smallest absolute Gasteiger partial charge is 0.252 e. The van der Waals surface area contributed by atoms with Crippen molar-refractivity contribution in [3.63, 3.8) is 0 Å². The minimum atomic E-state index is -3.54. The Morgan fingerprint density at radius 2 is 1.71 bits per heavy atom. The Bertz CT molecular complexity index is 965. The van der Waals surface area contributed by atoms with Gasteiger partial charge in [-0.15, -0.1) is 11.3 Å². The van der Waals surface area contributed by atoms with Gasteiger partial charge in [0.15, 0.2) is 0 Å². The number of nitrogens with one attached hydrogen (secondary N) is 1. The first kappa shape index (κ1) is 20.4. The lowest BCUT2D eigenvalue weighted by Crippen LogP contribution is -2.52. The summed E-state index contributed by atoms with van der Waals surface area (Å²) in [5.41, 5.74) is 0.261. The lowest BCUT2D eigenvalue weighted by Gasteiger charge is -2.33. The van der Waals surface area contributed by atoms with Crippen molar-refractivity contribution < 1.29 is 22.4 Å². The van der Waals surface area contributed by atoms with Crippen LogP contribution in [-0.4, -0.2) is 62.2 Å². The van der Waals surface area contributed by atoms with E-state index in [0.29, 0.717) is 4.21 Å². The molecular weight excluding hydrogens is 405 g/mol. The Morgan fingerprint density at radius 1 is 1.07 bits per heavy atom. The Balaban J connectivity index is 1.51. The van der Waals surface area contributed by atoms with E-state index >= 15 is 0 Å². The summed E-state index contributed by atoms with van der Waals surface area (Å²) >= 11 is 1.22. The number of rotatable bonds is 5. The molecule has 10 heteroatoms.